The minimum Gasteiger partial charge on any atom is -0.508 e. The van der Waals surface area contributed by atoms with Gasteiger partial charge in [-0.05, 0) is 18.9 Å². The molecule has 0 saturated carbocycles. The van der Waals surface area contributed by atoms with Gasteiger partial charge in [-0.2, -0.15) is 0 Å². The largest absolute Gasteiger partial charge is 0.508 e. The standard InChI is InChI=1S/C18H29N3O4/c1-13(2)16(20-6-8-25-9-7-20)12-19-17(23)4-5-21-14(3)10-15(22)11-18(21)24/h10-11,13,16,22H,4-9,12H2,1-3H3,(H,19,23)/t16-/m1/s1. The smallest absolute Gasteiger partial charge is 0.254 e. The molecule has 1 fully saturated rings. The van der Waals surface area contributed by atoms with Crippen molar-refractivity contribution >= 4 is 5.91 Å². The highest BCUT2D eigenvalue weighted by atomic mass is 16.5. The Balaban J connectivity index is 1.86. The molecule has 1 saturated heterocycles. The van der Waals surface area contributed by atoms with E-state index in [-0.39, 0.29) is 29.7 Å². The molecule has 2 N–H and O–H groups in total. The third kappa shape index (κ3) is 5.57. The lowest BCUT2D eigenvalue weighted by atomic mass is 10.0. The maximum absolute atomic E-state index is 12.2. The predicted octanol–water partition coefficient (Wildman–Crippen LogP) is 0.725. The van der Waals surface area contributed by atoms with Gasteiger partial charge >= 0.3 is 0 Å². The van der Waals surface area contributed by atoms with Crippen molar-refractivity contribution in [2.24, 2.45) is 5.92 Å². The molecule has 25 heavy (non-hydrogen) atoms. The average Bonchev–Trinajstić information content (AvgIpc) is 2.54. The van der Waals surface area contributed by atoms with E-state index in [1.807, 2.05) is 0 Å². The number of hydrogen-bond acceptors (Lipinski definition) is 5. The molecular formula is C18H29N3O4. The van der Waals surface area contributed by atoms with Gasteiger partial charge in [0.15, 0.2) is 0 Å². The SMILES string of the molecule is Cc1cc(O)cc(=O)n1CCC(=O)NC[C@H](C(C)C)N1CCOCC1. The zero-order valence-electron chi connectivity index (χ0n) is 15.3. The normalized spacial score (nSPS) is 16.8. The lowest BCUT2D eigenvalue weighted by molar-refractivity contribution is -0.121. The van der Waals surface area contributed by atoms with Gasteiger partial charge in [-0.15, -0.1) is 0 Å². The van der Waals surface area contributed by atoms with Gasteiger partial charge in [-0.1, -0.05) is 13.8 Å². The lowest BCUT2D eigenvalue weighted by Gasteiger charge is -2.36. The van der Waals surface area contributed by atoms with E-state index in [0.29, 0.717) is 24.7 Å². The second kappa shape index (κ2) is 9.01. The van der Waals surface area contributed by atoms with Crippen LogP contribution in [0.1, 0.15) is 26.0 Å². The highest BCUT2D eigenvalue weighted by Gasteiger charge is 2.24. The van der Waals surface area contributed by atoms with E-state index >= 15 is 0 Å². The number of aromatic nitrogens is 1. The summed E-state index contributed by atoms with van der Waals surface area (Å²) < 4.78 is 6.90. The molecule has 2 heterocycles. The van der Waals surface area contributed by atoms with E-state index in [1.165, 1.54) is 10.6 Å². The summed E-state index contributed by atoms with van der Waals surface area (Å²) in [6.45, 7) is 10.2. The van der Waals surface area contributed by atoms with Crippen LogP contribution in [0.2, 0.25) is 0 Å². The van der Waals surface area contributed by atoms with Crippen molar-refractivity contribution in [2.45, 2.75) is 39.8 Å². The van der Waals surface area contributed by atoms with Crippen molar-refractivity contribution in [2.75, 3.05) is 32.8 Å². The first-order valence-electron chi connectivity index (χ1n) is 8.87. The Morgan fingerprint density at radius 3 is 2.60 bits per heavy atom. The molecule has 1 aromatic heterocycles. The van der Waals surface area contributed by atoms with Crippen molar-refractivity contribution in [3.8, 4) is 5.75 Å². The Kier molecular flexibility index (Phi) is 7.01. The van der Waals surface area contributed by atoms with Gasteiger partial charge in [-0.25, -0.2) is 0 Å². The average molecular weight is 351 g/mol. The van der Waals surface area contributed by atoms with Crippen LogP contribution in [0, 0.1) is 12.8 Å². The number of morpholine rings is 1. The van der Waals surface area contributed by atoms with Crippen molar-refractivity contribution in [1.82, 2.24) is 14.8 Å². The number of carbonyl (C=O) groups is 1. The second-order valence-electron chi connectivity index (χ2n) is 6.86. The minimum atomic E-state index is -0.293. The highest BCUT2D eigenvalue weighted by Crippen LogP contribution is 2.12. The van der Waals surface area contributed by atoms with Crippen LogP contribution >= 0.6 is 0 Å². The zero-order valence-corrected chi connectivity index (χ0v) is 15.3. The Morgan fingerprint density at radius 1 is 1.32 bits per heavy atom. The summed E-state index contributed by atoms with van der Waals surface area (Å²) in [7, 11) is 0. The van der Waals surface area contributed by atoms with Crippen LogP contribution in [0.4, 0.5) is 0 Å². The fraction of sp³-hybridized carbons (Fsp3) is 0.667. The van der Waals surface area contributed by atoms with E-state index in [0.717, 1.165) is 32.4 Å². The highest BCUT2D eigenvalue weighted by molar-refractivity contribution is 5.75. The number of carbonyl (C=O) groups excluding carboxylic acids is 1. The van der Waals surface area contributed by atoms with Crippen LogP contribution in [0.25, 0.3) is 0 Å². The predicted molar refractivity (Wildman–Crippen MR) is 95.7 cm³/mol. The number of rotatable bonds is 7. The molecule has 140 valence electrons. The van der Waals surface area contributed by atoms with Crippen LogP contribution in [0.15, 0.2) is 16.9 Å². The van der Waals surface area contributed by atoms with Crippen LogP contribution in [-0.4, -0.2) is 59.4 Å². The molecule has 1 aromatic rings. The first kappa shape index (κ1) is 19.5. The van der Waals surface area contributed by atoms with E-state index in [2.05, 4.69) is 24.1 Å². The van der Waals surface area contributed by atoms with Crippen LogP contribution in [0.5, 0.6) is 5.75 Å². The van der Waals surface area contributed by atoms with Crippen LogP contribution in [0.3, 0.4) is 0 Å². The molecule has 1 atom stereocenters. The molecule has 1 amide bonds. The molecule has 2 rings (SSSR count). The Hall–Kier alpha value is -1.86. The van der Waals surface area contributed by atoms with Crippen LogP contribution < -0.4 is 10.9 Å². The summed E-state index contributed by atoms with van der Waals surface area (Å²) in [5.41, 5.74) is 0.352. The van der Waals surface area contributed by atoms with Gasteiger partial charge < -0.3 is 19.7 Å². The molecule has 0 aromatic carbocycles. The number of aryl methyl sites for hydroxylation is 1. The molecule has 1 aliphatic heterocycles. The molecule has 0 bridgehead atoms. The number of aromatic hydroxyl groups is 1. The maximum atomic E-state index is 12.2. The molecule has 0 spiro atoms. The fourth-order valence-corrected chi connectivity index (χ4v) is 3.21. The molecule has 0 aliphatic carbocycles. The van der Waals surface area contributed by atoms with Gasteiger partial charge in [0.05, 0.1) is 13.2 Å². The van der Waals surface area contributed by atoms with Gasteiger partial charge in [0.2, 0.25) is 5.91 Å². The molecule has 0 radical (unpaired) electrons. The quantitative estimate of drug-likeness (QED) is 0.756. The summed E-state index contributed by atoms with van der Waals surface area (Å²) in [6, 6.07) is 2.97. The van der Waals surface area contributed by atoms with Crippen molar-refractivity contribution in [3.63, 3.8) is 0 Å². The van der Waals surface area contributed by atoms with Gasteiger partial charge in [0.25, 0.3) is 5.56 Å². The first-order chi connectivity index (χ1) is 11.9. The topological polar surface area (TPSA) is 83.8 Å². The number of nitrogens with zero attached hydrogens (tertiary/aromatic N) is 2. The van der Waals surface area contributed by atoms with Crippen molar-refractivity contribution in [3.05, 3.63) is 28.2 Å². The van der Waals surface area contributed by atoms with E-state index in [4.69, 9.17) is 4.74 Å². The number of amides is 1. The number of pyridine rings is 1. The molecule has 7 heteroatoms. The van der Waals surface area contributed by atoms with Crippen molar-refractivity contribution in [1.29, 1.82) is 0 Å². The Bertz CT molecular complexity index is 636. The number of hydrogen-bond donors (Lipinski definition) is 2. The number of nitrogens with one attached hydrogen (secondary N) is 1. The van der Waals surface area contributed by atoms with Gasteiger partial charge in [0, 0.05) is 50.4 Å². The van der Waals surface area contributed by atoms with Gasteiger partial charge in [-0.3, -0.25) is 14.5 Å². The summed E-state index contributed by atoms with van der Waals surface area (Å²) in [4.78, 5) is 26.4. The zero-order chi connectivity index (χ0) is 18.4. The van der Waals surface area contributed by atoms with Gasteiger partial charge in [0.1, 0.15) is 5.75 Å². The Labute approximate surface area is 148 Å². The first-order valence-corrected chi connectivity index (χ1v) is 8.87. The van der Waals surface area contributed by atoms with Crippen molar-refractivity contribution < 1.29 is 14.6 Å². The minimum absolute atomic E-state index is 0.0477. The lowest BCUT2D eigenvalue weighted by Crippen LogP contribution is -2.51. The van der Waals surface area contributed by atoms with E-state index in [9.17, 15) is 14.7 Å². The van der Waals surface area contributed by atoms with Crippen LogP contribution in [-0.2, 0) is 16.1 Å². The monoisotopic (exact) mass is 351 g/mol. The van der Waals surface area contributed by atoms with E-state index in [1.54, 1.807) is 6.92 Å². The summed E-state index contributed by atoms with van der Waals surface area (Å²) in [6.07, 6.45) is 0.236. The third-order valence-corrected chi connectivity index (χ3v) is 4.67. The maximum Gasteiger partial charge on any atom is 0.254 e. The number of ether oxygens (including phenoxy) is 1. The molecule has 7 nitrogen and oxygen atoms in total. The summed E-state index contributed by atoms with van der Waals surface area (Å²) >= 11 is 0. The molecular weight excluding hydrogens is 322 g/mol. The summed E-state index contributed by atoms with van der Waals surface area (Å²) in [5.74, 6) is 0.312. The van der Waals surface area contributed by atoms with E-state index < -0.39 is 0 Å². The molecule has 1 aliphatic rings. The second-order valence-corrected chi connectivity index (χ2v) is 6.86. The fourth-order valence-electron chi connectivity index (χ4n) is 3.21. The summed E-state index contributed by atoms with van der Waals surface area (Å²) in [5, 5.41) is 12.4. The molecule has 0 unspecified atom stereocenters. The Morgan fingerprint density at radius 2 is 2.00 bits per heavy atom. The third-order valence-electron chi connectivity index (χ3n) is 4.67.